The Hall–Kier alpha value is -0.780. The first-order valence-corrected chi connectivity index (χ1v) is 7.11. The first-order valence-electron chi connectivity index (χ1n) is 7.11. The lowest BCUT2D eigenvalue weighted by Gasteiger charge is -2.18. The second kappa shape index (κ2) is 4.84. The Kier molecular flexibility index (Phi) is 3.61. The van der Waals surface area contributed by atoms with Gasteiger partial charge in [-0.15, -0.1) is 0 Å². The van der Waals surface area contributed by atoms with Gasteiger partial charge in [0.2, 0.25) is 0 Å². The summed E-state index contributed by atoms with van der Waals surface area (Å²) in [5.74, 6) is 1.57. The quantitative estimate of drug-likeness (QED) is 0.670. The molecule has 0 radical (unpaired) electrons. The zero-order valence-corrected chi connectivity index (χ0v) is 11.8. The molecule has 2 rings (SSSR count). The van der Waals surface area contributed by atoms with Crippen molar-refractivity contribution in [1.29, 1.82) is 0 Å². The highest BCUT2D eigenvalue weighted by atomic mass is 14.5. The second-order valence-electron chi connectivity index (χ2n) is 6.67. The summed E-state index contributed by atoms with van der Waals surface area (Å²) in [7, 11) is 0. The highest BCUT2D eigenvalue weighted by molar-refractivity contribution is 5.33. The predicted octanol–water partition coefficient (Wildman–Crippen LogP) is 4.96. The van der Waals surface area contributed by atoms with E-state index in [0.717, 1.165) is 11.8 Å². The first kappa shape index (κ1) is 12.7. The molecule has 0 atom stereocenters. The van der Waals surface area contributed by atoms with Crippen LogP contribution in [0.5, 0.6) is 0 Å². The molecule has 1 aliphatic carbocycles. The summed E-state index contributed by atoms with van der Waals surface area (Å²) in [6.07, 6.45) is 5.36. The Labute approximate surface area is 106 Å². The zero-order valence-electron chi connectivity index (χ0n) is 11.8. The van der Waals surface area contributed by atoms with Crippen molar-refractivity contribution >= 4 is 0 Å². The third kappa shape index (κ3) is 3.12. The average molecular weight is 230 g/mol. The van der Waals surface area contributed by atoms with Gasteiger partial charge in [-0.05, 0) is 54.1 Å². The molecule has 94 valence electrons. The van der Waals surface area contributed by atoms with Crippen molar-refractivity contribution in [2.45, 2.75) is 58.8 Å². The van der Waals surface area contributed by atoms with Crippen molar-refractivity contribution in [2.75, 3.05) is 0 Å². The van der Waals surface area contributed by atoms with Gasteiger partial charge in [-0.3, -0.25) is 0 Å². The molecule has 1 aromatic carbocycles. The van der Waals surface area contributed by atoms with Gasteiger partial charge in [-0.1, -0.05) is 52.0 Å². The van der Waals surface area contributed by atoms with Gasteiger partial charge in [-0.25, -0.2) is 0 Å². The molecule has 17 heavy (non-hydrogen) atoms. The van der Waals surface area contributed by atoms with Gasteiger partial charge in [0.15, 0.2) is 0 Å². The van der Waals surface area contributed by atoms with Gasteiger partial charge in [-0.2, -0.15) is 0 Å². The van der Waals surface area contributed by atoms with Crippen LogP contribution >= 0.6 is 0 Å². The summed E-state index contributed by atoms with van der Waals surface area (Å²) in [5.41, 5.74) is 3.62. The molecule has 0 bridgehead atoms. The number of rotatable bonds is 5. The molecule has 0 amide bonds. The van der Waals surface area contributed by atoms with E-state index in [9.17, 15) is 0 Å². The highest BCUT2D eigenvalue weighted by Gasteiger charge is 2.44. The van der Waals surface area contributed by atoms with Crippen LogP contribution in [0.15, 0.2) is 24.3 Å². The van der Waals surface area contributed by atoms with E-state index in [1.165, 1.54) is 31.2 Å². The van der Waals surface area contributed by atoms with E-state index in [0.29, 0.717) is 5.41 Å². The van der Waals surface area contributed by atoms with Crippen LogP contribution in [0.3, 0.4) is 0 Å². The number of benzene rings is 1. The predicted molar refractivity (Wildman–Crippen MR) is 75.4 cm³/mol. The van der Waals surface area contributed by atoms with Crippen LogP contribution in [0.1, 0.15) is 58.1 Å². The van der Waals surface area contributed by atoms with E-state index < -0.39 is 0 Å². The zero-order chi connectivity index (χ0) is 12.5. The molecule has 0 aliphatic heterocycles. The molecule has 0 spiro atoms. The second-order valence-corrected chi connectivity index (χ2v) is 6.67. The van der Waals surface area contributed by atoms with Crippen LogP contribution in [0.4, 0.5) is 0 Å². The molecule has 0 nitrogen and oxygen atoms in total. The molecular formula is C17H26. The van der Waals surface area contributed by atoms with E-state index in [-0.39, 0.29) is 0 Å². The van der Waals surface area contributed by atoms with Crippen molar-refractivity contribution in [2.24, 2.45) is 11.8 Å². The summed E-state index contributed by atoms with van der Waals surface area (Å²) in [6.45, 7) is 9.25. The van der Waals surface area contributed by atoms with Crippen LogP contribution in [0.25, 0.3) is 0 Å². The summed E-state index contributed by atoms with van der Waals surface area (Å²) >= 11 is 0. The average Bonchev–Trinajstić information content (AvgIpc) is 2.98. The smallest absolute Gasteiger partial charge is 0.00439 e. The summed E-state index contributed by atoms with van der Waals surface area (Å²) < 4.78 is 0. The molecule has 0 N–H and O–H groups in total. The Bertz CT molecular complexity index is 352. The third-order valence-corrected chi connectivity index (χ3v) is 3.86. The lowest BCUT2D eigenvalue weighted by Crippen LogP contribution is -2.10. The number of hydrogen-bond donors (Lipinski definition) is 0. The van der Waals surface area contributed by atoms with Gasteiger partial charge in [0, 0.05) is 0 Å². The monoisotopic (exact) mass is 230 g/mol. The SMILES string of the molecule is CC(C)Cc1ccc(C2(CC(C)C)CC2)cc1. The van der Waals surface area contributed by atoms with E-state index in [1.54, 1.807) is 5.56 Å². The van der Waals surface area contributed by atoms with E-state index in [4.69, 9.17) is 0 Å². The fourth-order valence-electron chi connectivity index (χ4n) is 3.01. The highest BCUT2D eigenvalue weighted by Crippen LogP contribution is 2.52. The van der Waals surface area contributed by atoms with Gasteiger partial charge < -0.3 is 0 Å². The Morgan fingerprint density at radius 2 is 1.53 bits per heavy atom. The Balaban J connectivity index is 2.07. The maximum atomic E-state index is 2.38. The third-order valence-electron chi connectivity index (χ3n) is 3.86. The largest absolute Gasteiger partial charge is 0.0627 e. The summed E-state index contributed by atoms with van der Waals surface area (Å²) in [5, 5.41) is 0. The van der Waals surface area contributed by atoms with Gasteiger partial charge >= 0.3 is 0 Å². The minimum Gasteiger partial charge on any atom is -0.0627 e. The maximum Gasteiger partial charge on any atom is -0.00439 e. The molecule has 0 heteroatoms. The lowest BCUT2D eigenvalue weighted by atomic mass is 9.86. The Morgan fingerprint density at radius 3 is 1.94 bits per heavy atom. The molecular weight excluding hydrogens is 204 g/mol. The molecule has 0 aromatic heterocycles. The van der Waals surface area contributed by atoms with Gasteiger partial charge in [0.1, 0.15) is 0 Å². The molecule has 1 saturated carbocycles. The van der Waals surface area contributed by atoms with Crippen LogP contribution in [0.2, 0.25) is 0 Å². The van der Waals surface area contributed by atoms with Crippen LogP contribution in [-0.2, 0) is 11.8 Å². The van der Waals surface area contributed by atoms with Crippen molar-refractivity contribution in [3.63, 3.8) is 0 Å². The molecule has 0 saturated heterocycles. The van der Waals surface area contributed by atoms with Gasteiger partial charge in [0.25, 0.3) is 0 Å². The molecule has 0 heterocycles. The topological polar surface area (TPSA) is 0 Å². The van der Waals surface area contributed by atoms with Crippen molar-refractivity contribution in [3.8, 4) is 0 Å². The van der Waals surface area contributed by atoms with Crippen molar-refractivity contribution in [1.82, 2.24) is 0 Å². The molecule has 1 aliphatic rings. The van der Waals surface area contributed by atoms with Crippen LogP contribution in [0, 0.1) is 11.8 Å². The lowest BCUT2D eigenvalue weighted by molar-refractivity contribution is 0.487. The maximum absolute atomic E-state index is 2.38. The normalized spacial score (nSPS) is 17.8. The van der Waals surface area contributed by atoms with E-state index in [2.05, 4.69) is 52.0 Å². The van der Waals surface area contributed by atoms with Crippen molar-refractivity contribution in [3.05, 3.63) is 35.4 Å². The minimum absolute atomic E-state index is 0.546. The minimum atomic E-state index is 0.546. The standard InChI is InChI=1S/C17H26/c1-13(2)11-15-5-7-16(8-6-15)17(9-10-17)12-14(3)4/h5-8,13-14H,9-12H2,1-4H3. The fourth-order valence-corrected chi connectivity index (χ4v) is 3.01. The van der Waals surface area contributed by atoms with E-state index >= 15 is 0 Å². The van der Waals surface area contributed by atoms with Gasteiger partial charge in [0.05, 0.1) is 0 Å². The van der Waals surface area contributed by atoms with Crippen LogP contribution < -0.4 is 0 Å². The molecule has 1 fully saturated rings. The number of hydrogen-bond acceptors (Lipinski definition) is 0. The molecule has 0 unspecified atom stereocenters. The fraction of sp³-hybridized carbons (Fsp3) is 0.647. The van der Waals surface area contributed by atoms with E-state index in [1.807, 2.05) is 0 Å². The Morgan fingerprint density at radius 1 is 0.941 bits per heavy atom. The summed E-state index contributed by atoms with van der Waals surface area (Å²) in [6, 6.07) is 9.45. The molecule has 1 aromatic rings. The van der Waals surface area contributed by atoms with Crippen molar-refractivity contribution < 1.29 is 0 Å². The summed E-state index contributed by atoms with van der Waals surface area (Å²) in [4.78, 5) is 0. The van der Waals surface area contributed by atoms with Crippen LogP contribution in [-0.4, -0.2) is 0 Å². The first-order chi connectivity index (χ1) is 8.02.